The van der Waals surface area contributed by atoms with E-state index >= 15 is 0 Å². The van der Waals surface area contributed by atoms with Gasteiger partial charge in [-0.2, -0.15) is 0 Å². The van der Waals surface area contributed by atoms with Crippen molar-refractivity contribution in [2.75, 3.05) is 13.2 Å². The van der Waals surface area contributed by atoms with Crippen LogP contribution in [0.1, 0.15) is 26.4 Å². The molecule has 0 radical (unpaired) electrons. The molecule has 0 saturated carbocycles. The summed E-state index contributed by atoms with van der Waals surface area (Å²) in [4.78, 5) is 20.1. The topological polar surface area (TPSA) is 54.5 Å². The maximum Gasteiger partial charge on any atom is 0.251 e. The number of thiazole rings is 1. The molecule has 144 valence electrons. The quantitative estimate of drug-likeness (QED) is 0.715. The second-order valence-corrected chi connectivity index (χ2v) is 7.59. The lowest BCUT2D eigenvalue weighted by molar-refractivity contribution is 0.0950. The second-order valence-electron chi connectivity index (χ2n) is 6.62. The van der Waals surface area contributed by atoms with Crippen LogP contribution < -0.4 is 10.1 Å². The number of halogens is 1. The summed E-state index contributed by atoms with van der Waals surface area (Å²) in [6, 6.07) is 11.9. The average Bonchev–Trinajstić information content (AvgIpc) is 3.12. The molecule has 0 atom stereocenters. The van der Waals surface area contributed by atoms with Crippen molar-refractivity contribution < 1.29 is 13.9 Å². The van der Waals surface area contributed by atoms with Gasteiger partial charge in [0.05, 0.1) is 5.51 Å². The number of amides is 1. The number of aromatic nitrogens is 1. The van der Waals surface area contributed by atoms with E-state index in [1.165, 1.54) is 10.9 Å². The van der Waals surface area contributed by atoms with Crippen molar-refractivity contribution >= 4 is 17.2 Å². The molecule has 0 unspecified atom stereocenters. The number of hydrogen-bond donors (Lipinski definition) is 1. The molecule has 1 amide bonds. The molecule has 1 aliphatic rings. The summed E-state index contributed by atoms with van der Waals surface area (Å²) in [5.41, 5.74) is 3.80. The molecule has 5 nitrogen and oxygen atoms in total. The van der Waals surface area contributed by atoms with Crippen LogP contribution in [0.25, 0.3) is 0 Å². The Labute approximate surface area is 166 Å². The summed E-state index contributed by atoms with van der Waals surface area (Å²) in [5.74, 6) is 0.249. The highest BCUT2D eigenvalue weighted by atomic mass is 32.1. The number of nitrogens with one attached hydrogen (secondary N) is 1. The van der Waals surface area contributed by atoms with Crippen molar-refractivity contribution in [2.24, 2.45) is 0 Å². The van der Waals surface area contributed by atoms with Crippen LogP contribution in [0, 0.1) is 5.82 Å². The molecule has 0 spiro atoms. The lowest BCUT2D eigenvalue weighted by Gasteiger charge is -2.18. The van der Waals surface area contributed by atoms with E-state index in [1.54, 1.807) is 35.6 Å². The Morgan fingerprint density at radius 2 is 2.18 bits per heavy atom. The van der Waals surface area contributed by atoms with Crippen molar-refractivity contribution in [3.63, 3.8) is 0 Å². The van der Waals surface area contributed by atoms with Gasteiger partial charge in [0, 0.05) is 53.9 Å². The number of fused-ring (bicyclic) bond motifs is 1. The fourth-order valence-electron chi connectivity index (χ4n) is 3.18. The van der Waals surface area contributed by atoms with Crippen LogP contribution in [0.5, 0.6) is 5.75 Å². The van der Waals surface area contributed by atoms with Gasteiger partial charge in [0.25, 0.3) is 5.91 Å². The maximum absolute atomic E-state index is 13.7. The second kappa shape index (κ2) is 8.50. The van der Waals surface area contributed by atoms with Crippen LogP contribution in [0.2, 0.25) is 0 Å². The van der Waals surface area contributed by atoms with Crippen molar-refractivity contribution in [3.8, 4) is 5.75 Å². The normalized spacial score (nSPS) is 14.0. The molecule has 0 aliphatic carbocycles. The minimum Gasteiger partial charge on any atom is -0.492 e. The number of hydrogen-bond acceptors (Lipinski definition) is 5. The molecule has 1 N–H and O–H groups in total. The SMILES string of the molecule is O=C(NCc1ccccc1F)c1ccc2c(c1)CN(Cc1cncs1)CCO2. The summed E-state index contributed by atoms with van der Waals surface area (Å²) in [6.07, 6.45) is 1.88. The van der Waals surface area contributed by atoms with Crippen molar-refractivity contribution in [1.29, 1.82) is 0 Å². The lowest BCUT2D eigenvalue weighted by atomic mass is 10.1. The number of ether oxygens (including phenoxy) is 1. The van der Waals surface area contributed by atoms with Gasteiger partial charge in [-0.3, -0.25) is 14.7 Å². The lowest BCUT2D eigenvalue weighted by Crippen LogP contribution is -2.25. The maximum atomic E-state index is 13.7. The summed E-state index contributed by atoms with van der Waals surface area (Å²) >= 11 is 1.63. The molecule has 0 saturated heterocycles. The molecule has 0 fully saturated rings. The highest BCUT2D eigenvalue weighted by Gasteiger charge is 2.18. The van der Waals surface area contributed by atoms with Gasteiger partial charge in [0.15, 0.2) is 0 Å². The van der Waals surface area contributed by atoms with E-state index in [0.29, 0.717) is 24.3 Å². The van der Waals surface area contributed by atoms with E-state index in [4.69, 9.17) is 4.74 Å². The smallest absolute Gasteiger partial charge is 0.251 e. The largest absolute Gasteiger partial charge is 0.492 e. The number of nitrogens with zero attached hydrogens (tertiary/aromatic N) is 2. The van der Waals surface area contributed by atoms with E-state index in [-0.39, 0.29) is 18.3 Å². The Balaban J connectivity index is 1.45. The first-order valence-electron chi connectivity index (χ1n) is 9.06. The van der Waals surface area contributed by atoms with Gasteiger partial charge in [-0.1, -0.05) is 18.2 Å². The predicted octanol–water partition coefficient (Wildman–Crippen LogP) is 3.61. The fraction of sp³-hybridized carbons (Fsp3) is 0.238. The molecule has 2 aromatic carbocycles. The third-order valence-corrected chi connectivity index (χ3v) is 5.41. The molecule has 4 rings (SSSR count). The molecular weight excluding hydrogens is 377 g/mol. The van der Waals surface area contributed by atoms with Crippen LogP contribution in [-0.4, -0.2) is 28.9 Å². The van der Waals surface area contributed by atoms with Gasteiger partial charge in [0.2, 0.25) is 0 Å². The van der Waals surface area contributed by atoms with Crippen LogP contribution >= 0.6 is 11.3 Å². The van der Waals surface area contributed by atoms with E-state index in [1.807, 2.05) is 23.8 Å². The minimum absolute atomic E-state index is 0.149. The zero-order chi connectivity index (χ0) is 19.3. The molecule has 7 heteroatoms. The molecule has 3 aromatic rings. The first-order chi connectivity index (χ1) is 13.7. The first kappa shape index (κ1) is 18.6. The summed E-state index contributed by atoms with van der Waals surface area (Å²) < 4.78 is 19.6. The number of rotatable bonds is 5. The van der Waals surface area contributed by atoms with Crippen LogP contribution in [-0.2, 0) is 19.6 Å². The number of carbonyl (C=O) groups excluding carboxylic acids is 1. The number of benzene rings is 2. The van der Waals surface area contributed by atoms with E-state index in [2.05, 4.69) is 15.2 Å². The zero-order valence-electron chi connectivity index (χ0n) is 15.2. The Hall–Kier alpha value is -2.77. The molecule has 28 heavy (non-hydrogen) atoms. The summed E-state index contributed by atoms with van der Waals surface area (Å²) in [5, 5.41) is 2.79. The predicted molar refractivity (Wildman–Crippen MR) is 106 cm³/mol. The van der Waals surface area contributed by atoms with Crippen LogP contribution in [0.3, 0.4) is 0 Å². The fourth-order valence-corrected chi connectivity index (χ4v) is 3.82. The monoisotopic (exact) mass is 397 g/mol. The molecule has 2 heterocycles. The Morgan fingerprint density at radius 3 is 3.00 bits per heavy atom. The highest BCUT2D eigenvalue weighted by molar-refractivity contribution is 7.09. The van der Waals surface area contributed by atoms with Crippen molar-refractivity contribution in [3.05, 3.63) is 81.6 Å². The van der Waals surface area contributed by atoms with Gasteiger partial charge in [-0.15, -0.1) is 11.3 Å². The van der Waals surface area contributed by atoms with Gasteiger partial charge >= 0.3 is 0 Å². The highest BCUT2D eigenvalue weighted by Crippen LogP contribution is 2.25. The first-order valence-corrected chi connectivity index (χ1v) is 9.94. The van der Waals surface area contributed by atoms with Crippen LogP contribution in [0.4, 0.5) is 4.39 Å². The Kier molecular flexibility index (Phi) is 5.64. The number of carbonyl (C=O) groups is 1. The molecule has 1 aromatic heterocycles. The average molecular weight is 397 g/mol. The minimum atomic E-state index is -0.322. The molecular formula is C21H20FN3O2S. The van der Waals surface area contributed by atoms with E-state index in [9.17, 15) is 9.18 Å². The zero-order valence-corrected chi connectivity index (χ0v) is 16.0. The Bertz CT molecular complexity index is 962. The third kappa shape index (κ3) is 4.37. The van der Waals surface area contributed by atoms with Crippen molar-refractivity contribution in [2.45, 2.75) is 19.6 Å². The van der Waals surface area contributed by atoms with E-state index < -0.39 is 0 Å². The van der Waals surface area contributed by atoms with Gasteiger partial charge in [-0.25, -0.2) is 4.39 Å². The standard InChI is InChI=1S/C21H20FN3O2S/c22-19-4-2-1-3-16(19)10-24-21(26)15-5-6-20-17(9-15)12-25(7-8-27-20)13-18-11-23-14-28-18/h1-6,9,11,14H,7-8,10,12-13H2,(H,24,26). The molecule has 1 aliphatic heterocycles. The molecule has 0 bridgehead atoms. The van der Waals surface area contributed by atoms with Crippen molar-refractivity contribution in [1.82, 2.24) is 15.2 Å². The van der Waals surface area contributed by atoms with E-state index in [0.717, 1.165) is 24.4 Å². The van der Waals surface area contributed by atoms with Gasteiger partial charge in [-0.05, 0) is 24.3 Å². The Morgan fingerprint density at radius 1 is 1.29 bits per heavy atom. The third-order valence-electron chi connectivity index (χ3n) is 4.64. The summed E-state index contributed by atoms with van der Waals surface area (Å²) in [7, 11) is 0. The van der Waals surface area contributed by atoms with Crippen LogP contribution in [0.15, 0.2) is 54.2 Å². The van der Waals surface area contributed by atoms with Gasteiger partial charge < -0.3 is 10.1 Å². The van der Waals surface area contributed by atoms with Gasteiger partial charge in [0.1, 0.15) is 18.2 Å². The summed E-state index contributed by atoms with van der Waals surface area (Å²) in [6.45, 7) is 3.06.